The summed E-state index contributed by atoms with van der Waals surface area (Å²) in [6, 6.07) is 6.36. The molecule has 2 amide bonds. The van der Waals surface area contributed by atoms with Gasteiger partial charge < -0.3 is 10.6 Å². The maximum atomic E-state index is 12.3. The lowest BCUT2D eigenvalue weighted by molar-refractivity contribution is -0.115. The number of hydrogen-bond acceptors (Lipinski definition) is 4. The van der Waals surface area contributed by atoms with Crippen molar-refractivity contribution in [1.82, 2.24) is 10.2 Å². The van der Waals surface area contributed by atoms with Crippen molar-refractivity contribution in [3.63, 3.8) is 0 Å². The van der Waals surface area contributed by atoms with E-state index in [-0.39, 0.29) is 17.1 Å². The molecule has 1 aliphatic heterocycles. The van der Waals surface area contributed by atoms with Crippen LogP contribution in [0.25, 0.3) is 0 Å². The molecule has 0 saturated carbocycles. The number of thioether (sulfide) groups is 1. The summed E-state index contributed by atoms with van der Waals surface area (Å²) in [6.45, 7) is 11.9. The van der Waals surface area contributed by atoms with Crippen molar-refractivity contribution in [1.29, 1.82) is 0 Å². The Bertz CT molecular complexity index is 608. The lowest BCUT2D eigenvalue weighted by Gasteiger charge is -2.30. The average molecular weight is 350 g/mol. The minimum Gasteiger partial charge on any atom is -0.351 e. The summed E-state index contributed by atoms with van der Waals surface area (Å²) in [5, 5.41) is 5.73. The van der Waals surface area contributed by atoms with Crippen molar-refractivity contribution in [3.05, 3.63) is 23.8 Å². The molecule has 2 rings (SSSR count). The zero-order valence-electron chi connectivity index (χ0n) is 15.1. The molecular formula is C18H27N3O2S. The molecule has 0 radical (unpaired) electrons. The fraction of sp³-hybridized carbons (Fsp3) is 0.556. The molecule has 1 aliphatic rings. The molecule has 6 heteroatoms. The van der Waals surface area contributed by atoms with Gasteiger partial charge >= 0.3 is 0 Å². The van der Waals surface area contributed by atoms with Crippen LogP contribution in [0.1, 0.15) is 45.0 Å². The molecule has 5 nitrogen and oxygen atoms in total. The Morgan fingerprint density at radius 2 is 1.96 bits per heavy atom. The summed E-state index contributed by atoms with van der Waals surface area (Å²) < 4.78 is 0. The highest BCUT2D eigenvalue weighted by atomic mass is 32.2. The van der Waals surface area contributed by atoms with E-state index in [0.717, 1.165) is 17.1 Å². The van der Waals surface area contributed by atoms with E-state index in [2.05, 4.69) is 43.2 Å². The first-order chi connectivity index (χ1) is 11.3. The highest BCUT2D eigenvalue weighted by Gasteiger charge is 2.23. The van der Waals surface area contributed by atoms with Crippen LogP contribution in [0.5, 0.6) is 0 Å². The zero-order valence-corrected chi connectivity index (χ0v) is 15.9. The van der Waals surface area contributed by atoms with E-state index in [4.69, 9.17) is 0 Å². The van der Waals surface area contributed by atoms with Crippen LogP contribution in [-0.2, 0) is 4.79 Å². The van der Waals surface area contributed by atoms with Gasteiger partial charge in [-0.1, -0.05) is 0 Å². The van der Waals surface area contributed by atoms with Gasteiger partial charge in [0, 0.05) is 35.6 Å². The fourth-order valence-electron chi connectivity index (χ4n) is 2.86. The largest absolute Gasteiger partial charge is 0.351 e. The predicted octanol–water partition coefficient (Wildman–Crippen LogP) is 2.97. The third-order valence-corrected chi connectivity index (χ3v) is 5.33. The highest BCUT2D eigenvalue weighted by Crippen LogP contribution is 2.35. The van der Waals surface area contributed by atoms with Crippen LogP contribution in [0.2, 0.25) is 0 Å². The molecule has 24 heavy (non-hydrogen) atoms. The van der Waals surface area contributed by atoms with Crippen LogP contribution < -0.4 is 10.6 Å². The molecular weight excluding hydrogens is 322 g/mol. The molecule has 0 aromatic heterocycles. The number of carbonyl (C=O) groups is 2. The lowest BCUT2D eigenvalue weighted by atomic mass is 10.1. The third kappa shape index (κ3) is 4.51. The predicted molar refractivity (Wildman–Crippen MR) is 99.7 cm³/mol. The second-order valence-corrected chi connectivity index (χ2v) is 8.02. The molecule has 132 valence electrons. The van der Waals surface area contributed by atoms with E-state index < -0.39 is 0 Å². The summed E-state index contributed by atoms with van der Waals surface area (Å²) >= 11 is 1.52. The number of anilines is 1. The molecule has 0 spiro atoms. The van der Waals surface area contributed by atoms with Crippen molar-refractivity contribution in [2.45, 2.75) is 56.8 Å². The van der Waals surface area contributed by atoms with Gasteiger partial charge in [-0.2, -0.15) is 0 Å². The lowest BCUT2D eigenvalue weighted by Crippen LogP contribution is -2.42. The summed E-state index contributed by atoms with van der Waals surface area (Å²) in [5.74, 6) is -0.127. The smallest absolute Gasteiger partial charge is 0.251 e. The van der Waals surface area contributed by atoms with E-state index in [1.165, 1.54) is 11.8 Å². The van der Waals surface area contributed by atoms with Gasteiger partial charge in [0.15, 0.2) is 0 Å². The van der Waals surface area contributed by atoms with Crippen molar-refractivity contribution in [3.8, 4) is 0 Å². The van der Waals surface area contributed by atoms with Crippen LogP contribution in [0.15, 0.2) is 23.1 Å². The number of rotatable bonds is 6. The number of nitrogens with zero attached hydrogens (tertiary/aromatic N) is 1. The highest BCUT2D eigenvalue weighted by molar-refractivity contribution is 8.00. The van der Waals surface area contributed by atoms with E-state index in [9.17, 15) is 9.59 Å². The second-order valence-electron chi connectivity index (χ2n) is 6.64. The summed E-state index contributed by atoms with van der Waals surface area (Å²) in [5.41, 5.74) is 1.30. The molecule has 0 fully saturated rings. The van der Waals surface area contributed by atoms with Crippen LogP contribution >= 0.6 is 11.8 Å². The molecule has 0 saturated heterocycles. The second kappa shape index (κ2) is 8.03. The maximum absolute atomic E-state index is 12.3. The van der Waals surface area contributed by atoms with Gasteiger partial charge in [0.2, 0.25) is 5.91 Å². The van der Waals surface area contributed by atoms with E-state index in [0.29, 0.717) is 24.2 Å². The molecule has 1 aromatic rings. The van der Waals surface area contributed by atoms with Crippen LogP contribution in [0, 0.1) is 0 Å². The minimum absolute atomic E-state index is 0.0189. The normalized spacial score (nSPS) is 17.2. The van der Waals surface area contributed by atoms with Gasteiger partial charge in [-0.3, -0.25) is 14.5 Å². The molecule has 1 aromatic carbocycles. The van der Waals surface area contributed by atoms with Crippen molar-refractivity contribution in [2.75, 3.05) is 18.4 Å². The van der Waals surface area contributed by atoms with E-state index in [1.54, 1.807) is 6.07 Å². The molecule has 1 heterocycles. The van der Waals surface area contributed by atoms with Crippen molar-refractivity contribution < 1.29 is 9.59 Å². The fourth-order valence-corrected chi connectivity index (χ4v) is 3.79. The third-order valence-electron chi connectivity index (χ3n) is 4.15. The summed E-state index contributed by atoms with van der Waals surface area (Å²) in [4.78, 5) is 27.5. The van der Waals surface area contributed by atoms with Crippen molar-refractivity contribution in [2.24, 2.45) is 0 Å². The number of carbonyl (C=O) groups excluding carboxylic acids is 2. The Hall–Kier alpha value is -1.53. The topological polar surface area (TPSA) is 61.4 Å². The standard InChI is InChI=1S/C18H27N3O2S/c1-11(2)21(12(3)4)9-8-19-18(23)14-6-7-16-15(10-14)20-17(22)13(5)24-16/h6-7,10-13H,8-9H2,1-5H3,(H,19,23)(H,20,22). The summed E-state index contributed by atoms with van der Waals surface area (Å²) in [6.07, 6.45) is 0. The molecule has 1 atom stereocenters. The SMILES string of the molecule is CC1Sc2ccc(C(=O)NCCN(C(C)C)C(C)C)cc2NC1=O. The molecule has 0 aliphatic carbocycles. The number of fused-ring (bicyclic) bond motifs is 1. The van der Waals surface area contributed by atoms with Gasteiger partial charge in [0.25, 0.3) is 5.91 Å². The van der Waals surface area contributed by atoms with Crippen molar-refractivity contribution >= 4 is 29.3 Å². The first kappa shape index (κ1) is 18.8. The Morgan fingerprint density at radius 1 is 1.29 bits per heavy atom. The Morgan fingerprint density at radius 3 is 2.58 bits per heavy atom. The number of benzene rings is 1. The van der Waals surface area contributed by atoms with Crippen LogP contribution in [-0.4, -0.2) is 47.1 Å². The summed E-state index contributed by atoms with van der Waals surface area (Å²) in [7, 11) is 0. The van der Waals surface area contributed by atoms with Gasteiger partial charge in [-0.15, -0.1) is 11.8 Å². The van der Waals surface area contributed by atoms with Crippen LogP contribution in [0.3, 0.4) is 0 Å². The first-order valence-electron chi connectivity index (χ1n) is 8.45. The Labute approximate surface area is 148 Å². The Kier molecular flexibility index (Phi) is 6.29. The number of nitrogens with one attached hydrogen (secondary N) is 2. The van der Waals surface area contributed by atoms with E-state index >= 15 is 0 Å². The molecule has 2 N–H and O–H groups in total. The average Bonchev–Trinajstić information content (AvgIpc) is 2.51. The molecule has 1 unspecified atom stereocenters. The van der Waals surface area contributed by atoms with Gasteiger partial charge in [0.1, 0.15) is 0 Å². The van der Waals surface area contributed by atoms with Gasteiger partial charge in [-0.05, 0) is 52.8 Å². The first-order valence-corrected chi connectivity index (χ1v) is 9.33. The number of hydrogen-bond donors (Lipinski definition) is 2. The quantitative estimate of drug-likeness (QED) is 0.829. The van der Waals surface area contributed by atoms with Crippen LogP contribution in [0.4, 0.5) is 5.69 Å². The Balaban J connectivity index is 1.96. The zero-order chi connectivity index (χ0) is 17.9. The van der Waals surface area contributed by atoms with E-state index in [1.807, 2.05) is 19.1 Å². The number of amides is 2. The monoisotopic (exact) mass is 349 g/mol. The molecule has 0 bridgehead atoms. The van der Waals surface area contributed by atoms with Gasteiger partial charge in [-0.25, -0.2) is 0 Å². The minimum atomic E-state index is -0.108. The maximum Gasteiger partial charge on any atom is 0.251 e. The van der Waals surface area contributed by atoms with Gasteiger partial charge in [0.05, 0.1) is 10.9 Å².